The lowest BCUT2D eigenvalue weighted by Crippen LogP contribution is -2.54. The highest BCUT2D eigenvalue weighted by Gasteiger charge is 2.44. The van der Waals surface area contributed by atoms with Crippen molar-refractivity contribution in [1.29, 1.82) is 0 Å². The molecule has 0 radical (unpaired) electrons. The van der Waals surface area contributed by atoms with Crippen molar-refractivity contribution in [2.75, 3.05) is 19.8 Å². The smallest absolute Gasteiger partial charge is 0.305 e. The summed E-state index contributed by atoms with van der Waals surface area (Å²) >= 11 is 0. The molecule has 0 bridgehead atoms. The summed E-state index contributed by atoms with van der Waals surface area (Å²) in [4.78, 5) is 25.5. The lowest BCUT2D eigenvalue weighted by atomic mass is 9.81. The fraction of sp³-hybridized carbons (Fsp3) is 0.857. The van der Waals surface area contributed by atoms with Gasteiger partial charge in [0.15, 0.2) is 0 Å². The summed E-state index contributed by atoms with van der Waals surface area (Å²) < 4.78 is 5.34. The molecule has 0 spiro atoms. The summed E-state index contributed by atoms with van der Waals surface area (Å²) in [6.07, 6.45) is 4.93. The second kappa shape index (κ2) is 5.90. The number of hydrogen-bond donors (Lipinski definition) is 1. The molecule has 0 aromatic heterocycles. The molecule has 5 heteroatoms. The summed E-state index contributed by atoms with van der Waals surface area (Å²) in [6.45, 7) is 3.45. The molecule has 2 rings (SSSR count). The molecule has 108 valence electrons. The highest BCUT2D eigenvalue weighted by Crippen LogP contribution is 2.43. The van der Waals surface area contributed by atoms with Crippen LogP contribution in [0, 0.1) is 5.41 Å². The van der Waals surface area contributed by atoms with Crippen molar-refractivity contribution in [3.63, 3.8) is 0 Å². The van der Waals surface area contributed by atoms with E-state index >= 15 is 0 Å². The second-order valence-electron chi connectivity index (χ2n) is 5.67. The van der Waals surface area contributed by atoms with Crippen LogP contribution in [0.15, 0.2) is 0 Å². The Hall–Kier alpha value is -1.10. The van der Waals surface area contributed by atoms with E-state index in [1.165, 1.54) is 0 Å². The molecule has 1 aliphatic carbocycles. The summed E-state index contributed by atoms with van der Waals surface area (Å²) in [6, 6.07) is -0.303. The zero-order valence-electron chi connectivity index (χ0n) is 11.6. The van der Waals surface area contributed by atoms with Crippen molar-refractivity contribution in [2.45, 2.75) is 51.5 Å². The standard InChI is InChI=1S/C14H23NO4/c1-2-14(5-3-4-6-14)13(18)15-7-8-19-10-11(15)9-12(16)17/h11H,2-10H2,1H3,(H,16,17). The number of carboxylic acid groups (broad SMARTS) is 1. The second-order valence-corrected chi connectivity index (χ2v) is 5.67. The Morgan fingerprint density at radius 1 is 1.37 bits per heavy atom. The van der Waals surface area contributed by atoms with Crippen LogP contribution in [0.5, 0.6) is 0 Å². The number of ether oxygens (including phenoxy) is 1. The van der Waals surface area contributed by atoms with Gasteiger partial charge in [-0.1, -0.05) is 19.8 Å². The Labute approximate surface area is 113 Å². The lowest BCUT2D eigenvalue weighted by Gasteiger charge is -2.40. The van der Waals surface area contributed by atoms with E-state index in [1.54, 1.807) is 4.90 Å². The van der Waals surface area contributed by atoms with Crippen LogP contribution in [-0.2, 0) is 14.3 Å². The Bertz CT molecular complexity index is 349. The summed E-state index contributed by atoms with van der Waals surface area (Å²) in [5.41, 5.74) is -0.242. The normalized spacial score (nSPS) is 26.4. The minimum Gasteiger partial charge on any atom is -0.481 e. The van der Waals surface area contributed by atoms with Crippen molar-refractivity contribution in [3.05, 3.63) is 0 Å². The molecule has 1 unspecified atom stereocenters. The van der Waals surface area contributed by atoms with E-state index in [0.29, 0.717) is 19.8 Å². The fourth-order valence-corrected chi connectivity index (χ4v) is 3.37. The molecule has 0 aromatic carbocycles. The molecule has 0 aromatic rings. The average molecular weight is 269 g/mol. The van der Waals surface area contributed by atoms with Crippen molar-refractivity contribution >= 4 is 11.9 Å². The monoisotopic (exact) mass is 269 g/mol. The minimum atomic E-state index is -0.870. The van der Waals surface area contributed by atoms with Gasteiger partial charge in [-0.25, -0.2) is 0 Å². The van der Waals surface area contributed by atoms with Crippen LogP contribution in [0.3, 0.4) is 0 Å². The maximum atomic E-state index is 12.8. The number of morpholine rings is 1. The largest absolute Gasteiger partial charge is 0.481 e. The SMILES string of the molecule is CCC1(C(=O)N2CCOCC2CC(=O)O)CCCC1. The van der Waals surface area contributed by atoms with Gasteiger partial charge in [0, 0.05) is 12.0 Å². The van der Waals surface area contributed by atoms with Gasteiger partial charge in [-0.05, 0) is 19.3 Å². The van der Waals surface area contributed by atoms with Gasteiger partial charge in [0.1, 0.15) is 0 Å². The minimum absolute atomic E-state index is 0.0223. The number of aliphatic carboxylic acids is 1. The van der Waals surface area contributed by atoms with Crippen LogP contribution in [0.4, 0.5) is 0 Å². The van der Waals surface area contributed by atoms with Gasteiger partial charge in [0.2, 0.25) is 5.91 Å². The molecule has 1 saturated heterocycles. The number of carbonyl (C=O) groups excluding carboxylic acids is 1. The van der Waals surface area contributed by atoms with Gasteiger partial charge in [-0.2, -0.15) is 0 Å². The van der Waals surface area contributed by atoms with Crippen molar-refractivity contribution in [3.8, 4) is 0 Å². The van der Waals surface area contributed by atoms with Crippen molar-refractivity contribution < 1.29 is 19.4 Å². The van der Waals surface area contributed by atoms with Gasteiger partial charge < -0.3 is 14.7 Å². The number of carbonyl (C=O) groups is 2. The predicted octanol–water partition coefficient (Wildman–Crippen LogP) is 1.66. The highest BCUT2D eigenvalue weighted by atomic mass is 16.5. The zero-order valence-corrected chi connectivity index (χ0v) is 11.6. The molecule has 1 N–H and O–H groups in total. The number of nitrogens with zero attached hydrogens (tertiary/aromatic N) is 1. The van der Waals surface area contributed by atoms with E-state index in [9.17, 15) is 9.59 Å². The van der Waals surface area contributed by atoms with Crippen molar-refractivity contribution in [2.24, 2.45) is 5.41 Å². The van der Waals surface area contributed by atoms with E-state index in [2.05, 4.69) is 6.92 Å². The first-order chi connectivity index (χ1) is 9.09. The third-order valence-corrected chi connectivity index (χ3v) is 4.59. The van der Waals surface area contributed by atoms with Crippen LogP contribution < -0.4 is 0 Å². The number of carboxylic acids is 1. The molecule has 1 saturated carbocycles. The van der Waals surface area contributed by atoms with Crippen LogP contribution in [0.25, 0.3) is 0 Å². The summed E-state index contributed by atoms with van der Waals surface area (Å²) in [5.74, 6) is -0.715. The number of amides is 1. The fourth-order valence-electron chi connectivity index (χ4n) is 3.37. The van der Waals surface area contributed by atoms with Gasteiger partial charge in [0.05, 0.1) is 25.7 Å². The lowest BCUT2D eigenvalue weighted by molar-refractivity contribution is -0.154. The van der Waals surface area contributed by atoms with E-state index in [1.807, 2.05) is 0 Å². The molecule has 1 amide bonds. The topological polar surface area (TPSA) is 66.8 Å². The third-order valence-electron chi connectivity index (χ3n) is 4.59. The maximum Gasteiger partial charge on any atom is 0.305 e. The molecular formula is C14H23NO4. The Balaban J connectivity index is 2.12. The summed E-state index contributed by atoms with van der Waals surface area (Å²) in [7, 11) is 0. The molecule has 2 aliphatic rings. The predicted molar refractivity (Wildman–Crippen MR) is 69.8 cm³/mol. The zero-order chi connectivity index (χ0) is 13.9. The molecule has 1 atom stereocenters. The van der Waals surface area contributed by atoms with E-state index in [0.717, 1.165) is 32.1 Å². The Kier molecular flexibility index (Phi) is 4.45. The summed E-state index contributed by atoms with van der Waals surface area (Å²) in [5, 5.41) is 8.96. The van der Waals surface area contributed by atoms with Crippen LogP contribution in [0.2, 0.25) is 0 Å². The van der Waals surface area contributed by atoms with Gasteiger partial charge in [-0.15, -0.1) is 0 Å². The molecule has 2 fully saturated rings. The Morgan fingerprint density at radius 2 is 2.05 bits per heavy atom. The number of hydrogen-bond acceptors (Lipinski definition) is 3. The quantitative estimate of drug-likeness (QED) is 0.843. The van der Waals surface area contributed by atoms with Crippen LogP contribution >= 0.6 is 0 Å². The van der Waals surface area contributed by atoms with E-state index in [-0.39, 0.29) is 23.8 Å². The maximum absolute atomic E-state index is 12.8. The van der Waals surface area contributed by atoms with Gasteiger partial charge >= 0.3 is 5.97 Å². The first kappa shape index (κ1) is 14.3. The molecular weight excluding hydrogens is 246 g/mol. The number of rotatable bonds is 4. The first-order valence-electron chi connectivity index (χ1n) is 7.20. The first-order valence-corrected chi connectivity index (χ1v) is 7.20. The van der Waals surface area contributed by atoms with E-state index in [4.69, 9.17) is 9.84 Å². The average Bonchev–Trinajstić information content (AvgIpc) is 2.88. The van der Waals surface area contributed by atoms with E-state index < -0.39 is 5.97 Å². The molecule has 1 heterocycles. The highest BCUT2D eigenvalue weighted by molar-refractivity contribution is 5.84. The van der Waals surface area contributed by atoms with Crippen LogP contribution in [0.1, 0.15) is 45.4 Å². The molecule has 5 nitrogen and oxygen atoms in total. The van der Waals surface area contributed by atoms with Gasteiger partial charge in [-0.3, -0.25) is 9.59 Å². The molecule has 1 aliphatic heterocycles. The molecule has 19 heavy (non-hydrogen) atoms. The van der Waals surface area contributed by atoms with Gasteiger partial charge in [0.25, 0.3) is 0 Å². The van der Waals surface area contributed by atoms with Crippen LogP contribution in [-0.4, -0.2) is 47.7 Å². The van der Waals surface area contributed by atoms with Crippen molar-refractivity contribution in [1.82, 2.24) is 4.90 Å². The Morgan fingerprint density at radius 3 is 2.63 bits per heavy atom. The third kappa shape index (κ3) is 2.91.